The van der Waals surface area contributed by atoms with E-state index in [1.54, 1.807) is 6.07 Å². The van der Waals surface area contributed by atoms with Crippen molar-refractivity contribution >= 4 is 27.5 Å². The summed E-state index contributed by atoms with van der Waals surface area (Å²) in [7, 11) is 0. The number of nitrogens with two attached hydrogens (primary N) is 1. The van der Waals surface area contributed by atoms with Crippen LogP contribution in [0.4, 0.5) is 4.39 Å². The van der Waals surface area contributed by atoms with Crippen LogP contribution in [-0.4, -0.2) is 6.54 Å². The monoisotopic (exact) mass is 321 g/mol. The molecule has 0 spiro atoms. The largest absolute Gasteiger partial charge is 0.330 e. The first kappa shape index (κ1) is 14.9. The quantitative estimate of drug-likeness (QED) is 0.791. The molecule has 0 aromatic heterocycles. The molecule has 2 N–H and O–H groups in total. The average Bonchev–Trinajstić information content (AvgIpc) is 2.21. The number of benzene rings is 1. The number of hydrogen-bond donors (Lipinski definition) is 1. The second kappa shape index (κ2) is 6.17. The molecule has 0 saturated carbocycles. The lowest BCUT2D eigenvalue weighted by molar-refractivity contribution is 0.312. The molecule has 1 aromatic carbocycles. The van der Waals surface area contributed by atoms with Gasteiger partial charge >= 0.3 is 0 Å². The van der Waals surface area contributed by atoms with Crippen molar-refractivity contribution < 1.29 is 4.39 Å². The van der Waals surface area contributed by atoms with Crippen molar-refractivity contribution in [1.29, 1.82) is 0 Å². The fourth-order valence-electron chi connectivity index (χ4n) is 1.74. The standard InChI is InChI=1S/C13H18BrClFN/c1-13(2,5-6-17)4-3-9-7-11(15)10(14)8-12(9)16/h7-8H,3-6,17H2,1-2H3. The summed E-state index contributed by atoms with van der Waals surface area (Å²) in [6.45, 7) is 4.97. The van der Waals surface area contributed by atoms with Crippen LogP contribution in [0.2, 0.25) is 5.02 Å². The van der Waals surface area contributed by atoms with Crippen molar-refractivity contribution in [1.82, 2.24) is 0 Å². The first-order valence-electron chi connectivity index (χ1n) is 5.69. The SMILES string of the molecule is CC(C)(CCN)CCc1cc(Cl)c(Br)cc1F. The van der Waals surface area contributed by atoms with Crippen LogP contribution in [0.5, 0.6) is 0 Å². The second-order valence-electron chi connectivity index (χ2n) is 5.06. The molecule has 0 saturated heterocycles. The van der Waals surface area contributed by atoms with Gasteiger partial charge in [0.2, 0.25) is 0 Å². The number of aryl methyl sites for hydroxylation is 1. The molecule has 1 nitrogen and oxygen atoms in total. The number of halogens is 3. The minimum absolute atomic E-state index is 0.140. The van der Waals surface area contributed by atoms with E-state index in [4.69, 9.17) is 17.3 Å². The molecule has 0 radical (unpaired) electrons. The summed E-state index contributed by atoms with van der Waals surface area (Å²) in [6, 6.07) is 3.12. The molecule has 0 aliphatic heterocycles. The van der Waals surface area contributed by atoms with Gasteiger partial charge in [0.1, 0.15) is 5.82 Å². The van der Waals surface area contributed by atoms with Crippen LogP contribution >= 0.6 is 27.5 Å². The van der Waals surface area contributed by atoms with Gasteiger partial charge in [-0.25, -0.2) is 4.39 Å². The van der Waals surface area contributed by atoms with Crippen LogP contribution in [-0.2, 0) is 6.42 Å². The Kier molecular flexibility index (Phi) is 5.42. The van der Waals surface area contributed by atoms with Gasteiger partial charge in [-0.1, -0.05) is 25.4 Å². The molecule has 17 heavy (non-hydrogen) atoms. The summed E-state index contributed by atoms with van der Waals surface area (Å²) in [4.78, 5) is 0. The van der Waals surface area contributed by atoms with E-state index in [0.29, 0.717) is 28.0 Å². The van der Waals surface area contributed by atoms with E-state index in [0.717, 1.165) is 12.8 Å². The van der Waals surface area contributed by atoms with E-state index in [2.05, 4.69) is 29.8 Å². The lowest BCUT2D eigenvalue weighted by Gasteiger charge is -2.23. The van der Waals surface area contributed by atoms with E-state index in [9.17, 15) is 4.39 Å². The molecule has 1 rings (SSSR count). The molecular formula is C13H18BrClFN. The zero-order valence-corrected chi connectivity index (χ0v) is 12.5. The zero-order valence-electron chi connectivity index (χ0n) is 10.2. The maximum Gasteiger partial charge on any atom is 0.127 e. The molecule has 96 valence electrons. The minimum atomic E-state index is -0.204. The van der Waals surface area contributed by atoms with Crippen molar-refractivity contribution in [3.05, 3.63) is 33.0 Å². The number of rotatable bonds is 5. The molecule has 0 fully saturated rings. The summed E-state index contributed by atoms with van der Waals surface area (Å²) in [5.74, 6) is -0.204. The summed E-state index contributed by atoms with van der Waals surface area (Å²) in [5.41, 5.74) is 6.37. The van der Waals surface area contributed by atoms with E-state index in [1.807, 2.05) is 0 Å². The highest BCUT2D eigenvalue weighted by atomic mass is 79.9. The molecule has 1 aromatic rings. The Hall–Kier alpha value is -0.120. The molecular weight excluding hydrogens is 305 g/mol. The van der Waals surface area contributed by atoms with Crippen molar-refractivity contribution in [2.24, 2.45) is 11.1 Å². The van der Waals surface area contributed by atoms with Gasteiger partial charge in [-0.15, -0.1) is 0 Å². The van der Waals surface area contributed by atoms with Gasteiger partial charge in [0.15, 0.2) is 0 Å². The lowest BCUT2D eigenvalue weighted by Crippen LogP contribution is -2.18. The van der Waals surface area contributed by atoms with Gasteiger partial charge < -0.3 is 5.73 Å². The first-order chi connectivity index (χ1) is 7.85. The van der Waals surface area contributed by atoms with Crippen molar-refractivity contribution in [2.75, 3.05) is 6.54 Å². The van der Waals surface area contributed by atoms with Crippen molar-refractivity contribution in [3.63, 3.8) is 0 Å². The van der Waals surface area contributed by atoms with Gasteiger partial charge in [0.05, 0.1) is 5.02 Å². The fraction of sp³-hybridized carbons (Fsp3) is 0.538. The fourth-order valence-corrected chi connectivity index (χ4v) is 2.25. The van der Waals surface area contributed by atoms with E-state index >= 15 is 0 Å². The summed E-state index contributed by atoms with van der Waals surface area (Å²) < 4.78 is 14.3. The average molecular weight is 323 g/mol. The van der Waals surface area contributed by atoms with E-state index in [1.165, 1.54) is 6.07 Å². The highest BCUT2D eigenvalue weighted by Crippen LogP contribution is 2.30. The van der Waals surface area contributed by atoms with Gasteiger partial charge in [-0.2, -0.15) is 0 Å². The highest BCUT2D eigenvalue weighted by Gasteiger charge is 2.18. The molecule has 0 atom stereocenters. The normalized spacial score (nSPS) is 11.9. The Morgan fingerprint density at radius 3 is 2.59 bits per heavy atom. The smallest absolute Gasteiger partial charge is 0.127 e. The van der Waals surface area contributed by atoms with Gasteiger partial charge in [0, 0.05) is 4.47 Å². The summed E-state index contributed by atoms with van der Waals surface area (Å²) >= 11 is 9.17. The molecule has 0 aliphatic carbocycles. The van der Waals surface area contributed by atoms with Crippen LogP contribution in [0, 0.1) is 11.2 Å². The predicted molar refractivity (Wildman–Crippen MR) is 74.9 cm³/mol. The van der Waals surface area contributed by atoms with Gasteiger partial charge in [-0.3, -0.25) is 0 Å². The van der Waals surface area contributed by atoms with Crippen LogP contribution < -0.4 is 5.73 Å². The molecule has 0 heterocycles. The van der Waals surface area contributed by atoms with Gasteiger partial charge in [0.25, 0.3) is 0 Å². The Balaban J connectivity index is 2.73. The molecule has 0 aliphatic rings. The lowest BCUT2D eigenvalue weighted by atomic mass is 9.83. The topological polar surface area (TPSA) is 26.0 Å². The number of hydrogen-bond acceptors (Lipinski definition) is 1. The Morgan fingerprint density at radius 2 is 2.00 bits per heavy atom. The van der Waals surface area contributed by atoms with Crippen LogP contribution in [0.3, 0.4) is 0 Å². The second-order valence-corrected chi connectivity index (χ2v) is 6.32. The summed E-state index contributed by atoms with van der Waals surface area (Å²) in [5, 5.41) is 0.554. The van der Waals surface area contributed by atoms with E-state index in [-0.39, 0.29) is 11.2 Å². The molecule has 0 amide bonds. The molecule has 0 unspecified atom stereocenters. The first-order valence-corrected chi connectivity index (χ1v) is 6.86. The summed E-state index contributed by atoms with van der Waals surface area (Å²) in [6.07, 6.45) is 2.53. The maximum absolute atomic E-state index is 13.7. The van der Waals surface area contributed by atoms with Crippen molar-refractivity contribution in [2.45, 2.75) is 33.1 Å². The molecule has 0 bridgehead atoms. The maximum atomic E-state index is 13.7. The Bertz CT molecular complexity index is 393. The van der Waals surface area contributed by atoms with Crippen LogP contribution in [0.1, 0.15) is 32.3 Å². The third kappa shape index (κ3) is 4.57. The third-order valence-corrected chi connectivity index (χ3v) is 4.18. The van der Waals surface area contributed by atoms with Crippen LogP contribution in [0.15, 0.2) is 16.6 Å². The van der Waals surface area contributed by atoms with Gasteiger partial charge in [-0.05, 0) is 64.8 Å². The Morgan fingerprint density at radius 1 is 1.35 bits per heavy atom. The zero-order chi connectivity index (χ0) is 13.1. The predicted octanol–water partition coefficient (Wildman–Crippen LogP) is 4.55. The van der Waals surface area contributed by atoms with Crippen LogP contribution in [0.25, 0.3) is 0 Å². The Labute approximate surface area is 116 Å². The van der Waals surface area contributed by atoms with E-state index < -0.39 is 0 Å². The molecule has 4 heteroatoms. The third-order valence-electron chi connectivity index (χ3n) is 2.98. The highest BCUT2D eigenvalue weighted by molar-refractivity contribution is 9.10. The van der Waals surface area contributed by atoms with Crippen molar-refractivity contribution in [3.8, 4) is 0 Å². The minimum Gasteiger partial charge on any atom is -0.330 e.